The molecule has 0 atom stereocenters. The second-order valence-electron chi connectivity index (χ2n) is 5.82. The van der Waals surface area contributed by atoms with E-state index in [9.17, 15) is 9.59 Å². The molecule has 1 aliphatic rings. The lowest BCUT2D eigenvalue weighted by atomic mass is 10.1. The minimum atomic E-state index is -0.549. The maximum atomic E-state index is 12.5. The van der Waals surface area contributed by atoms with Gasteiger partial charge in [0.05, 0.1) is 0 Å². The molecule has 0 saturated heterocycles. The third-order valence-corrected chi connectivity index (χ3v) is 4.19. The molecule has 3 aromatic carbocycles. The Hall–Kier alpha value is -3.40. The number of benzene rings is 3. The maximum Gasteiger partial charge on any atom is 0.411 e. The van der Waals surface area contributed by atoms with Gasteiger partial charge in [-0.3, -0.25) is 10.1 Å². The lowest BCUT2D eigenvalue weighted by molar-refractivity contribution is 0.104. The van der Waals surface area contributed by atoms with Gasteiger partial charge in [0, 0.05) is 16.8 Å². The highest BCUT2D eigenvalue weighted by Crippen LogP contribution is 2.37. The van der Waals surface area contributed by atoms with E-state index < -0.39 is 6.09 Å². The summed E-state index contributed by atoms with van der Waals surface area (Å²) < 4.78 is 5.21. The predicted molar refractivity (Wildman–Crippen MR) is 95.6 cm³/mol. The van der Waals surface area contributed by atoms with E-state index in [4.69, 9.17) is 4.74 Å². The average Bonchev–Trinajstić information content (AvgIpc) is 2.94. The zero-order valence-electron chi connectivity index (χ0n) is 13.4. The molecule has 1 amide bonds. The summed E-state index contributed by atoms with van der Waals surface area (Å²) in [5.41, 5.74) is 4.57. The molecule has 0 bridgehead atoms. The zero-order chi connectivity index (χ0) is 17.2. The highest BCUT2D eigenvalue weighted by Gasteiger charge is 2.26. The van der Waals surface area contributed by atoms with Crippen molar-refractivity contribution in [3.05, 3.63) is 89.5 Å². The van der Waals surface area contributed by atoms with E-state index in [1.165, 1.54) is 0 Å². The van der Waals surface area contributed by atoms with Crippen molar-refractivity contribution in [3.8, 4) is 11.1 Å². The van der Waals surface area contributed by atoms with E-state index in [1.54, 1.807) is 12.1 Å². The molecule has 0 heterocycles. The number of fused-ring (bicyclic) bond motifs is 3. The standard InChI is InChI=1S/C21H15NO3/c23-20-18-9-5-4-8-16(18)17-11-10-15(12-19(17)20)22-21(24)25-13-14-6-2-1-3-7-14/h1-12H,13H2,(H,22,24). The van der Waals surface area contributed by atoms with Gasteiger partial charge in [0.2, 0.25) is 0 Å². The van der Waals surface area contributed by atoms with Crippen molar-refractivity contribution in [1.82, 2.24) is 0 Å². The minimum Gasteiger partial charge on any atom is -0.444 e. The molecule has 0 unspecified atom stereocenters. The first-order valence-electron chi connectivity index (χ1n) is 7.98. The van der Waals surface area contributed by atoms with E-state index >= 15 is 0 Å². The van der Waals surface area contributed by atoms with Gasteiger partial charge in [-0.2, -0.15) is 0 Å². The number of anilines is 1. The number of hydrogen-bond acceptors (Lipinski definition) is 3. The van der Waals surface area contributed by atoms with E-state index in [0.29, 0.717) is 16.8 Å². The molecule has 0 radical (unpaired) electrons. The Kier molecular flexibility index (Phi) is 3.78. The molecule has 1 N–H and O–H groups in total. The van der Waals surface area contributed by atoms with Crippen molar-refractivity contribution in [1.29, 1.82) is 0 Å². The number of hydrogen-bond donors (Lipinski definition) is 1. The van der Waals surface area contributed by atoms with Crippen LogP contribution < -0.4 is 5.32 Å². The number of carbonyl (C=O) groups is 2. The lowest BCUT2D eigenvalue weighted by Gasteiger charge is -2.08. The first kappa shape index (κ1) is 15.1. The van der Waals surface area contributed by atoms with Crippen LogP contribution in [-0.2, 0) is 11.3 Å². The fourth-order valence-corrected chi connectivity index (χ4v) is 2.98. The van der Waals surface area contributed by atoms with E-state index in [-0.39, 0.29) is 12.4 Å². The molecule has 4 rings (SSSR count). The molecule has 3 aromatic rings. The molecular weight excluding hydrogens is 314 g/mol. The molecule has 4 nitrogen and oxygen atoms in total. The number of amides is 1. The van der Waals surface area contributed by atoms with E-state index in [1.807, 2.05) is 60.7 Å². The molecule has 122 valence electrons. The lowest BCUT2D eigenvalue weighted by Crippen LogP contribution is -2.13. The van der Waals surface area contributed by atoms with Crippen LogP contribution in [0.2, 0.25) is 0 Å². The second kappa shape index (κ2) is 6.24. The average molecular weight is 329 g/mol. The first-order valence-corrected chi connectivity index (χ1v) is 7.98. The number of ether oxygens (including phenoxy) is 1. The van der Waals surface area contributed by atoms with Gasteiger partial charge in [0.15, 0.2) is 5.78 Å². The summed E-state index contributed by atoms with van der Waals surface area (Å²) in [6.07, 6.45) is -0.549. The van der Waals surface area contributed by atoms with Crippen molar-refractivity contribution < 1.29 is 14.3 Å². The number of rotatable bonds is 3. The molecule has 0 aliphatic heterocycles. The summed E-state index contributed by atoms with van der Waals surface area (Å²) >= 11 is 0. The molecule has 4 heteroatoms. The van der Waals surface area contributed by atoms with Gasteiger partial charge in [-0.15, -0.1) is 0 Å². The summed E-state index contributed by atoms with van der Waals surface area (Å²) in [6, 6.07) is 22.3. The van der Waals surface area contributed by atoms with Gasteiger partial charge in [0.25, 0.3) is 0 Å². The van der Waals surface area contributed by atoms with Crippen LogP contribution in [-0.4, -0.2) is 11.9 Å². The Morgan fingerprint density at radius 3 is 2.28 bits per heavy atom. The van der Waals surface area contributed by atoms with Crippen molar-refractivity contribution in [2.45, 2.75) is 6.61 Å². The van der Waals surface area contributed by atoms with Crippen molar-refractivity contribution >= 4 is 17.6 Å². The largest absolute Gasteiger partial charge is 0.444 e. The Labute approximate surface area is 145 Å². The van der Waals surface area contributed by atoms with Gasteiger partial charge in [0.1, 0.15) is 6.61 Å². The Morgan fingerprint density at radius 1 is 0.800 bits per heavy atom. The van der Waals surface area contributed by atoms with Crippen LogP contribution in [0.3, 0.4) is 0 Å². The van der Waals surface area contributed by atoms with Crippen LogP contribution in [0.1, 0.15) is 21.5 Å². The summed E-state index contributed by atoms with van der Waals surface area (Å²) in [6.45, 7) is 0.196. The maximum absolute atomic E-state index is 12.5. The van der Waals surface area contributed by atoms with Crippen LogP contribution in [0, 0.1) is 0 Å². The fourth-order valence-electron chi connectivity index (χ4n) is 2.98. The smallest absolute Gasteiger partial charge is 0.411 e. The minimum absolute atomic E-state index is 0.0214. The topological polar surface area (TPSA) is 55.4 Å². The molecule has 1 aliphatic carbocycles. The highest BCUT2D eigenvalue weighted by atomic mass is 16.5. The van der Waals surface area contributed by atoms with E-state index in [0.717, 1.165) is 16.7 Å². The Bertz CT molecular complexity index is 964. The first-order chi connectivity index (χ1) is 12.2. The van der Waals surface area contributed by atoms with Crippen LogP contribution in [0.25, 0.3) is 11.1 Å². The summed E-state index contributed by atoms with van der Waals surface area (Å²) in [5.74, 6) is -0.0214. The second-order valence-corrected chi connectivity index (χ2v) is 5.82. The van der Waals surface area contributed by atoms with Gasteiger partial charge in [-0.05, 0) is 28.8 Å². The van der Waals surface area contributed by atoms with Gasteiger partial charge in [-0.25, -0.2) is 4.79 Å². The molecule has 0 spiro atoms. The number of nitrogens with one attached hydrogen (secondary N) is 1. The number of carbonyl (C=O) groups excluding carboxylic acids is 2. The molecule has 0 fully saturated rings. The van der Waals surface area contributed by atoms with Gasteiger partial charge < -0.3 is 4.74 Å². The summed E-state index contributed by atoms with van der Waals surface area (Å²) in [5, 5.41) is 2.68. The van der Waals surface area contributed by atoms with Crippen LogP contribution in [0.15, 0.2) is 72.8 Å². The molecule has 0 saturated carbocycles. The van der Waals surface area contributed by atoms with Crippen molar-refractivity contribution in [3.63, 3.8) is 0 Å². The van der Waals surface area contributed by atoms with Crippen LogP contribution in [0.4, 0.5) is 10.5 Å². The van der Waals surface area contributed by atoms with Crippen molar-refractivity contribution in [2.24, 2.45) is 0 Å². The van der Waals surface area contributed by atoms with Crippen molar-refractivity contribution in [2.75, 3.05) is 5.32 Å². The van der Waals surface area contributed by atoms with Crippen LogP contribution >= 0.6 is 0 Å². The molecule has 25 heavy (non-hydrogen) atoms. The SMILES string of the molecule is O=C(Nc1ccc2c(c1)C(=O)c1ccccc1-2)OCc1ccccc1. The number of ketones is 1. The zero-order valence-corrected chi connectivity index (χ0v) is 13.4. The normalized spacial score (nSPS) is 11.6. The van der Waals surface area contributed by atoms with E-state index in [2.05, 4.69) is 5.32 Å². The Morgan fingerprint density at radius 2 is 1.48 bits per heavy atom. The fraction of sp³-hybridized carbons (Fsp3) is 0.0476. The third-order valence-electron chi connectivity index (χ3n) is 4.19. The predicted octanol–water partition coefficient (Wildman–Crippen LogP) is 4.65. The van der Waals surface area contributed by atoms with Crippen LogP contribution in [0.5, 0.6) is 0 Å². The summed E-state index contributed by atoms with van der Waals surface area (Å²) in [4.78, 5) is 24.5. The summed E-state index contributed by atoms with van der Waals surface area (Å²) in [7, 11) is 0. The molecule has 0 aromatic heterocycles. The quantitative estimate of drug-likeness (QED) is 0.595. The highest BCUT2D eigenvalue weighted by molar-refractivity contribution is 6.22. The van der Waals surface area contributed by atoms with Gasteiger partial charge in [-0.1, -0.05) is 60.7 Å². The molecular formula is C21H15NO3. The third kappa shape index (κ3) is 2.90. The van der Waals surface area contributed by atoms with Gasteiger partial charge >= 0.3 is 6.09 Å². The monoisotopic (exact) mass is 329 g/mol. The Balaban J connectivity index is 1.48.